The van der Waals surface area contributed by atoms with Crippen molar-refractivity contribution in [3.63, 3.8) is 0 Å². The molecule has 142 valence electrons. The van der Waals surface area contributed by atoms with Gasteiger partial charge in [0.25, 0.3) is 0 Å². The number of halogens is 1. The van der Waals surface area contributed by atoms with Crippen molar-refractivity contribution in [1.82, 2.24) is 4.98 Å². The molecule has 0 radical (unpaired) electrons. The van der Waals surface area contributed by atoms with Gasteiger partial charge in [-0.25, -0.2) is 4.98 Å². The number of hydrogen-bond acceptors (Lipinski definition) is 5. The summed E-state index contributed by atoms with van der Waals surface area (Å²) >= 11 is 4.81. The molecule has 2 aromatic carbocycles. The third-order valence-electron chi connectivity index (χ3n) is 4.50. The van der Waals surface area contributed by atoms with Crippen LogP contribution in [0.2, 0.25) is 0 Å². The molecule has 0 saturated heterocycles. The van der Waals surface area contributed by atoms with Crippen LogP contribution in [0, 0.1) is 0 Å². The van der Waals surface area contributed by atoms with E-state index in [0.29, 0.717) is 10.8 Å². The van der Waals surface area contributed by atoms with Crippen LogP contribution in [-0.2, 0) is 9.59 Å². The number of amides is 2. The Morgan fingerprint density at radius 2 is 2.14 bits per heavy atom. The number of nitrogens with zero attached hydrogens (tertiary/aromatic N) is 1. The van der Waals surface area contributed by atoms with E-state index in [1.54, 1.807) is 13.2 Å². The summed E-state index contributed by atoms with van der Waals surface area (Å²) in [6.45, 7) is 0. The van der Waals surface area contributed by atoms with Crippen molar-refractivity contribution in [2.75, 3.05) is 17.7 Å². The van der Waals surface area contributed by atoms with Crippen molar-refractivity contribution in [3.8, 4) is 17.0 Å². The minimum atomic E-state index is -0.535. The molecule has 0 fully saturated rings. The third kappa shape index (κ3) is 3.65. The van der Waals surface area contributed by atoms with E-state index in [2.05, 4.69) is 31.5 Å². The first-order chi connectivity index (χ1) is 13.5. The molecule has 2 N–H and O–H groups in total. The number of hydrogen-bond donors (Lipinski definition) is 2. The van der Waals surface area contributed by atoms with E-state index in [0.717, 1.165) is 27.0 Å². The number of fused-ring (bicyclic) bond motifs is 1. The van der Waals surface area contributed by atoms with Gasteiger partial charge in [0, 0.05) is 23.1 Å². The van der Waals surface area contributed by atoms with Gasteiger partial charge in [-0.05, 0) is 45.8 Å². The second kappa shape index (κ2) is 7.73. The molecule has 0 saturated carbocycles. The average molecular weight is 458 g/mol. The molecule has 1 unspecified atom stereocenters. The van der Waals surface area contributed by atoms with Crippen LogP contribution in [0.1, 0.15) is 17.9 Å². The number of para-hydroxylation sites is 1. The number of carbonyl (C=O) groups excluding carboxylic acids is 2. The van der Waals surface area contributed by atoms with Crippen LogP contribution in [0.15, 0.2) is 52.3 Å². The van der Waals surface area contributed by atoms with Crippen LogP contribution in [0.3, 0.4) is 0 Å². The molecule has 0 spiro atoms. The lowest BCUT2D eigenvalue weighted by molar-refractivity contribution is -0.123. The monoisotopic (exact) mass is 457 g/mol. The fraction of sp³-hybridized carbons (Fsp3) is 0.150. The number of carbonyl (C=O) groups is 2. The zero-order chi connectivity index (χ0) is 19.7. The van der Waals surface area contributed by atoms with Gasteiger partial charge in [-0.3, -0.25) is 9.59 Å². The standard InChI is InChI=1S/C20H16BrN3O3S/c1-27-17-7-6-11(8-14(17)21)16-10-28-20(23-16)24-19(26)13-9-18(25)22-15-5-3-2-4-12(13)15/h2-8,10,13H,9H2,1H3,(H,22,25)(H,23,24,26). The van der Waals surface area contributed by atoms with Crippen LogP contribution in [0.5, 0.6) is 5.75 Å². The molecule has 4 rings (SSSR count). The maximum Gasteiger partial charge on any atom is 0.234 e. The first-order valence-corrected chi connectivity index (χ1v) is 10.2. The van der Waals surface area contributed by atoms with Crippen LogP contribution in [-0.4, -0.2) is 23.9 Å². The van der Waals surface area contributed by atoms with Gasteiger partial charge >= 0.3 is 0 Å². The van der Waals surface area contributed by atoms with Gasteiger partial charge in [-0.1, -0.05) is 18.2 Å². The lowest BCUT2D eigenvalue weighted by Gasteiger charge is -2.24. The molecular formula is C20H16BrN3O3S. The summed E-state index contributed by atoms with van der Waals surface area (Å²) in [6, 6.07) is 13.0. The topological polar surface area (TPSA) is 80.3 Å². The molecule has 2 amide bonds. The number of ether oxygens (including phenoxy) is 1. The number of aromatic nitrogens is 1. The number of methoxy groups -OCH3 is 1. The Kier molecular flexibility index (Phi) is 5.15. The van der Waals surface area contributed by atoms with Crippen LogP contribution in [0.4, 0.5) is 10.8 Å². The summed E-state index contributed by atoms with van der Waals surface area (Å²) in [7, 11) is 1.61. The summed E-state index contributed by atoms with van der Waals surface area (Å²) in [6.07, 6.45) is 0.118. The Bertz CT molecular complexity index is 1070. The molecule has 0 aliphatic carbocycles. The molecule has 3 aromatic rings. The largest absolute Gasteiger partial charge is 0.496 e. The minimum absolute atomic E-state index is 0.118. The zero-order valence-electron chi connectivity index (χ0n) is 14.9. The maximum atomic E-state index is 12.8. The van der Waals surface area contributed by atoms with E-state index >= 15 is 0 Å². The van der Waals surface area contributed by atoms with E-state index < -0.39 is 5.92 Å². The maximum absolute atomic E-state index is 12.8. The van der Waals surface area contributed by atoms with Gasteiger partial charge < -0.3 is 15.4 Å². The fourth-order valence-corrected chi connectivity index (χ4v) is 4.39. The van der Waals surface area contributed by atoms with Gasteiger partial charge in [0.15, 0.2) is 5.13 Å². The Hall–Kier alpha value is -2.71. The first-order valence-electron chi connectivity index (χ1n) is 8.54. The van der Waals surface area contributed by atoms with Crippen LogP contribution < -0.4 is 15.4 Å². The molecule has 1 aromatic heterocycles. The Balaban J connectivity index is 1.54. The zero-order valence-corrected chi connectivity index (χ0v) is 17.3. The summed E-state index contributed by atoms with van der Waals surface area (Å²) in [4.78, 5) is 29.3. The number of anilines is 2. The highest BCUT2D eigenvalue weighted by molar-refractivity contribution is 9.10. The smallest absolute Gasteiger partial charge is 0.234 e. The summed E-state index contributed by atoms with van der Waals surface area (Å²) in [5, 5.41) is 8.03. The second-order valence-electron chi connectivity index (χ2n) is 6.27. The van der Waals surface area contributed by atoms with Crippen molar-refractivity contribution in [3.05, 3.63) is 57.9 Å². The molecule has 1 atom stereocenters. The van der Waals surface area contributed by atoms with Gasteiger partial charge in [-0.15, -0.1) is 11.3 Å². The quantitative estimate of drug-likeness (QED) is 0.597. The Labute approximate surface area is 174 Å². The van der Waals surface area contributed by atoms with Gasteiger partial charge in [0.05, 0.1) is 23.2 Å². The summed E-state index contributed by atoms with van der Waals surface area (Å²) in [5.41, 5.74) is 3.16. The van der Waals surface area contributed by atoms with Gasteiger partial charge in [-0.2, -0.15) is 0 Å². The minimum Gasteiger partial charge on any atom is -0.496 e. The normalized spacial score (nSPS) is 15.5. The van der Waals surface area contributed by atoms with E-state index in [-0.39, 0.29) is 18.2 Å². The lowest BCUT2D eigenvalue weighted by atomic mass is 9.90. The molecule has 28 heavy (non-hydrogen) atoms. The number of thiazole rings is 1. The van der Waals surface area contributed by atoms with Gasteiger partial charge in [0.2, 0.25) is 11.8 Å². The highest BCUT2D eigenvalue weighted by atomic mass is 79.9. The SMILES string of the molecule is COc1ccc(-c2csc(NC(=O)C3CC(=O)Nc4ccccc43)n2)cc1Br. The van der Waals surface area contributed by atoms with Crippen molar-refractivity contribution in [2.45, 2.75) is 12.3 Å². The molecular weight excluding hydrogens is 442 g/mol. The highest BCUT2D eigenvalue weighted by Gasteiger charge is 2.30. The van der Waals surface area contributed by atoms with Gasteiger partial charge in [0.1, 0.15) is 5.75 Å². The second-order valence-corrected chi connectivity index (χ2v) is 7.98. The Morgan fingerprint density at radius 1 is 1.32 bits per heavy atom. The highest BCUT2D eigenvalue weighted by Crippen LogP contribution is 2.35. The third-order valence-corrected chi connectivity index (χ3v) is 5.88. The average Bonchev–Trinajstić information content (AvgIpc) is 3.15. The fourth-order valence-electron chi connectivity index (χ4n) is 3.13. The predicted molar refractivity (Wildman–Crippen MR) is 113 cm³/mol. The van der Waals surface area contributed by atoms with Crippen molar-refractivity contribution in [1.29, 1.82) is 0 Å². The lowest BCUT2D eigenvalue weighted by Crippen LogP contribution is -2.30. The number of benzene rings is 2. The van der Waals surface area contributed by atoms with E-state index in [9.17, 15) is 9.59 Å². The molecule has 1 aliphatic rings. The Morgan fingerprint density at radius 3 is 2.93 bits per heavy atom. The summed E-state index contributed by atoms with van der Waals surface area (Å²) in [5.74, 6) is -0.199. The molecule has 0 bridgehead atoms. The van der Waals surface area contributed by atoms with Crippen molar-refractivity contribution >= 4 is 49.9 Å². The van der Waals surface area contributed by atoms with Crippen molar-refractivity contribution < 1.29 is 14.3 Å². The van der Waals surface area contributed by atoms with Crippen molar-refractivity contribution in [2.24, 2.45) is 0 Å². The molecule has 1 aliphatic heterocycles. The molecule has 2 heterocycles. The molecule has 6 nitrogen and oxygen atoms in total. The van der Waals surface area contributed by atoms with Crippen LogP contribution in [0.25, 0.3) is 11.3 Å². The number of nitrogens with one attached hydrogen (secondary N) is 2. The van der Waals surface area contributed by atoms with E-state index in [4.69, 9.17) is 4.74 Å². The first kappa shape index (κ1) is 18.6. The number of rotatable bonds is 4. The van der Waals surface area contributed by atoms with E-state index in [1.807, 2.05) is 41.8 Å². The van der Waals surface area contributed by atoms with Crippen LogP contribution >= 0.6 is 27.3 Å². The van der Waals surface area contributed by atoms with E-state index in [1.165, 1.54) is 11.3 Å². The molecule has 8 heteroatoms. The predicted octanol–water partition coefficient (Wildman–Crippen LogP) is 4.65. The summed E-state index contributed by atoms with van der Waals surface area (Å²) < 4.78 is 6.07.